The molecule has 0 fully saturated rings. The van der Waals surface area contributed by atoms with E-state index in [0.29, 0.717) is 5.41 Å². The second-order valence-electron chi connectivity index (χ2n) is 7.64. The minimum Gasteiger partial charge on any atom is -0.356 e. The minimum atomic E-state index is 0.305. The third kappa shape index (κ3) is 5.97. The number of hydrogen-bond acceptors (Lipinski definition) is 2. The van der Waals surface area contributed by atoms with Crippen molar-refractivity contribution in [3.05, 3.63) is 81.5 Å². The van der Waals surface area contributed by atoms with E-state index in [1.807, 2.05) is 6.20 Å². The van der Waals surface area contributed by atoms with Crippen LogP contribution in [-0.4, -0.2) is 0 Å². The van der Waals surface area contributed by atoms with Crippen molar-refractivity contribution < 1.29 is 0 Å². The zero-order chi connectivity index (χ0) is 18.4. The molecule has 25 heavy (non-hydrogen) atoms. The van der Waals surface area contributed by atoms with Crippen molar-refractivity contribution in [1.29, 1.82) is 0 Å². The zero-order valence-electron chi connectivity index (χ0n) is 16.3. The van der Waals surface area contributed by atoms with E-state index in [-0.39, 0.29) is 0 Å². The van der Waals surface area contributed by atoms with Gasteiger partial charge in [0.25, 0.3) is 0 Å². The van der Waals surface area contributed by atoms with Crippen LogP contribution in [0.4, 0.5) is 0 Å². The Labute approximate surface area is 158 Å². The molecule has 1 nitrogen and oxygen atoms in total. The average Bonchev–Trinajstić information content (AvgIpc) is 2.91. The fraction of sp³-hybridized carbons (Fsp3) is 0.391. The highest BCUT2D eigenvalue weighted by Gasteiger charge is 2.26. The Morgan fingerprint density at radius 3 is 2.64 bits per heavy atom. The summed E-state index contributed by atoms with van der Waals surface area (Å²) in [6, 6.07) is 0. The maximum absolute atomic E-state index is 3.90. The van der Waals surface area contributed by atoms with E-state index < -0.39 is 0 Å². The molecular weight excluding hydrogens is 322 g/mol. The van der Waals surface area contributed by atoms with Crippen LogP contribution in [0.15, 0.2) is 81.5 Å². The molecule has 1 heterocycles. The predicted octanol–water partition coefficient (Wildman–Crippen LogP) is 7.17. The summed E-state index contributed by atoms with van der Waals surface area (Å²) in [5.74, 6) is 0. The molecule has 0 atom stereocenters. The van der Waals surface area contributed by atoms with E-state index in [1.54, 1.807) is 17.3 Å². The molecule has 2 heteroatoms. The largest absolute Gasteiger partial charge is 0.356 e. The van der Waals surface area contributed by atoms with Gasteiger partial charge in [-0.1, -0.05) is 73.7 Å². The zero-order valence-corrected chi connectivity index (χ0v) is 17.1. The summed E-state index contributed by atoms with van der Waals surface area (Å²) in [5.41, 5.74) is 5.88. The molecule has 0 aromatic heterocycles. The van der Waals surface area contributed by atoms with E-state index >= 15 is 0 Å². The van der Waals surface area contributed by atoms with Gasteiger partial charge in [0.2, 0.25) is 0 Å². The van der Waals surface area contributed by atoms with Crippen LogP contribution in [0.25, 0.3) is 0 Å². The Hall–Kier alpha value is -1.67. The van der Waals surface area contributed by atoms with E-state index in [9.17, 15) is 0 Å². The molecule has 1 aliphatic heterocycles. The van der Waals surface area contributed by atoms with Gasteiger partial charge in [0.1, 0.15) is 0 Å². The standard InChI is InChI=1S/C23H31NS/c1-17(12-13-22-19(3)11-8-14-23(22,5)6)9-7-10-18(2)15-21-16-24-20(4)25-21/h7,9-10,12-13,15-16,24H,4,8,11,14H2,1-3,5-6H3/b10-7+,13-12+,17-9+,18-15+. The highest BCUT2D eigenvalue weighted by atomic mass is 32.2. The molecular formula is C23H31NS. The smallest absolute Gasteiger partial charge is 0.0697 e. The lowest BCUT2D eigenvalue weighted by Crippen LogP contribution is -2.19. The second kappa shape index (κ2) is 8.62. The van der Waals surface area contributed by atoms with Gasteiger partial charge in [-0.2, -0.15) is 0 Å². The monoisotopic (exact) mass is 353 g/mol. The van der Waals surface area contributed by atoms with Gasteiger partial charge in [-0.15, -0.1) is 0 Å². The summed E-state index contributed by atoms with van der Waals surface area (Å²) in [7, 11) is 0. The Kier molecular flexibility index (Phi) is 6.78. The van der Waals surface area contributed by atoms with E-state index in [0.717, 1.165) is 5.03 Å². The highest BCUT2D eigenvalue weighted by molar-refractivity contribution is 8.07. The number of nitrogens with one attached hydrogen (secondary N) is 1. The first-order valence-corrected chi connectivity index (χ1v) is 9.84. The van der Waals surface area contributed by atoms with Crippen LogP contribution in [0.5, 0.6) is 0 Å². The predicted molar refractivity (Wildman–Crippen MR) is 114 cm³/mol. The maximum Gasteiger partial charge on any atom is 0.0697 e. The number of thioether (sulfide) groups is 1. The van der Waals surface area contributed by atoms with Crippen LogP contribution in [0.2, 0.25) is 0 Å². The Morgan fingerprint density at radius 2 is 2.00 bits per heavy atom. The summed E-state index contributed by atoms with van der Waals surface area (Å²) in [6.07, 6.45) is 19.0. The molecule has 0 aromatic carbocycles. The summed E-state index contributed by atoms with van der Waals surface area (Å²) >= 11 is 1.67. The van der Waals surface area contributed by atoms with Gasteiger partial charge >= 0.3 is 0 Å². The van der Waals surface area contributed by atoms with Crippen molar-refractivity contribution >= 4 is 11.8 Å². The summed E-state index contributed by atoms with van der Waals surface area (Å²) < 4.78 is 0. The number of hydrogen-bond donors (Lipinski definition) is 1. The van der Waals surface area contributed by atoms with Crippen LogP contribution >= 0.6 is 11.8 Å². The van der Waals surface area contributed by atoms with Gasteiger partial charge in [0, 0.05) is 11.1 Å². The van der Waals surface area contributed by atoms with Crippen LogP contribution in [-0.2, 0) is 0 Å². The topological polar surface area (TPSA) is 12.0 Å². The molecule has 0 saturated carbocycles. The SMILES string of the molecule is C=C1NC=C(/C=C(C)/C=C/C=C(C)/C=C/C2=C(C)CCCC2(C)C)S1. The quantitative estimate of drug-likeness (QED) is 0.526. The summed E-state index contributed by atoms with van der Waals surface area (Å²) in [4.78, 5) is 1.20. The van der Waals surface area contributed by atoms with E-state index in [2.05, 4.69) is 83.0 Å². The molecule has 1 aliphatic carbocycles. The average molecular weight is 354 g/mol. The first kappa shape index (κ1) is 19.7. The number of allylic oxidation sites excluding steroid dienone is 10. The molecule has 1 N–H and O–H groups in total. The van der Waals surface area contributed by atoms with Gasteiger partial charge < -0.3 is 5.32 Å². The van der Waals surface area contributed by atoms with Gasteiger partial charge in [-0.3, -0.25) is 0 Å². The van der Waals surface area contributed by atoms with E-state index in [1.165, 1.54) is 40.9 Å². The molecule has 2 aliphatic rings. The molecule has 2 rings (SSSR count). The van der Waals surface area contributed by atoms with Gasteiger partial charge in [-0.05, 0) is 62.7 Å². The highest BCUT2D eigenvalue weighted by Crippen LogP contribution is 2.40. The van der Waals surface area contributed by atoms with Crippen molar-refractivity contribution in [2.45, 2.75) is 53.9 Å². The van der Waals surface area contributed by atoms with Gasteiger partial charge in [-0.25, -0.2) is 0 Å². The first-order valence-electron chi connectivity index (χ1n) is 9.03. The Balaban J connectivity index is 1.99. The third-order valence-corrected chi connectivity index (χ3v) is 5.60. The lowest BCUT2D eigenvalue weighted by molar-refractivity contribution is 0.377. The maximum atomic E-state index is 3.90. The van der Waals surface area contributed by atoms with Crippen molar-refractivity contribution in [2.24, 2.45) is 5.41 Å². The fourth-order valence-corrected chi connectivity index (χ4v) is 4.09. The Bertz CT molecular complexity index is 708. The fourth-order valence-electron chi connectivity index (χ4n) is 3.33. The summed E-state index contributed by atoms with van der Waals surface area (Å²) in [6.45, 7) is 15.2. The van der Waals surface area contributed by atoms with Crippen molar-refractivity contribution in [3.8, 4) is 0 Å². The van der Waals surface area contributed by atoms with Crippen LogP contribution in [0, 0.1) is 5.41 Å². The third-order valence-electron chi connectivity index (χ3n) is 4.76. The molecule has 0 bridgehead atoms. The van der Waals surface area contributed by atoms with Crippen LogP contribution in [0.1, 0.15) is 53.9 Å². The van der Waals surface area contributed by atoms with Crippen molar-refractivity contribution in [1.82, 2.24) is 5.32 Å². The minimum absolute atomic E-state index is 0.305. The van der Waals surface area contributed by atoms with Crippen molar-refractivity contribution in [3.63, 3.8) is 0 Å². The lowest BCUT2D eigenvalue weighted by Gasteiger charge is -2.32. The molecule has 0 unspecified atom stereocenters. The van der Waals surface area contributed by atoms with E-state index in [4.69, 9.17) is 0 Å². The normalized spacial score (nSPS) is 22.1. The Morgan fingerprint density at radius 1 is 1.24 bits per heavy atom. The second-order valence-corrected chi connectivity index (χ2v) is 8.81. The molecule has 0 aromatic rings. The van der Waals surface area contributed by atoms with Gasteiger partial charge in [0.05, 0.1) is 5.03 Å². The number of rotatable bonds is 5. The molecule has 0 saturated heterocycles. The molecule has 0 radical (unpaired) electrons. The van der Waals surface area contributed by atoms with Gasteiger partial charge in [0.15, 0.2) is 0 Å². The molecule has 0 spiro atoms. The lowest BCUT2D eigenvalue weighted by atomic mass is 9.72. The van der Waals surface area contributed by atoms with Crippen LogP contribution < -0.4 is 5.32 Å². The first-order chi connectivity index (χ1) is 11.8. The summed E-state index contributed by atoms with van der Waals surface area (Å²) in [5, 5.41) is 4.10. The van der Waals surface area contributed by atoms with Crippen molar-refractivity contribution in [2.75, 3.05) is 0 Å². The molecule has 134 valence electrons. The van der Waals surface area contributed by atoms with Crippen LogP contribution in [0.3, 0.4) is 0 Å². The molecule has 0 amide bonds.